The van der Waals surface area contributed by atoms with Gasteiger partial charge < -0.3 is 14.2 Å². The van der Waals surface area contributed by atoms with Crippen LogP contribution in [0.15, 0.2) is 146 Å². The topological polar surface area (TPSA) is 78.9 Å². The maximum Gasteiger partial charge on any atom is 0.306 e. The predicted octanol–water partition coefficient (Wildman–Crippen LogP) is 23.5. The van der Waals surface area contributed by atoms with Crippen molar-refractivity contribution in [2.75, 3.05) is 13.2 Å². The molecule has 6 nitrogen and oxygen atoms in total. The molecule has 1 unspecified atom stereocenters. The number of hydrogen-bond donors (Lipinski definition) is 0. The van der Waals surface area contributed by atoms with Crippen LogP contribution in [-0.2, 0) is 28.6 Å². The van der Waals surface area contributed by atoms with Crippen molar-refractivity contribution in [3.05, 3.63) is 146 Å². The van der Waals surface area contributed by atoms with E-state index < -0.39 is 6.10 Å². The summed E-state index contributed by atoms with van der Waals surface area (Å²) in [6.07, 6.45) is 98.5. The maximum atomic E-state index is 12.9. The number of esters is 3. The lowest BCUT2D eigenvalue weighted by Crippen LogP contribution is -2.30. The van der Waals surface area contributed by atoms with Crippen LogP contribution in [0.1, 0.15) is 297 Å². The van der Waals surface area contributed by atoms with Gasteiger partial charge in [-0.15, -0.1) is 0 Å². The van der Waals surface area contributed by atoms with E-state index in [0.717, 1.165) is 154 Å². The molecule has 82 heavy (non-hydrogen) atoms. The molecule has 0 aromatic heterocycles. The molecule has 0 saturated carbocycles. The second kappa shape index (κ2) is 68.8. The zero-order chi connectivity index (χ0) is 59.2. The third-order valence-electron chi connectivity index (χ3n) is 14.1. The van der Waals surface area contributed by atoms with Gasteiger partial charge in [0.05, 0.1) is 0 Å². The van der Waals surface area contributed by atoms with Gasteiger partial charge in [-0.3, -0.25) is 14.4 Å². The maximum absolute atomic E-state index is 12.9. The van der Waals surface area contributed by atoms with E-state index in [1.165, 1.54) is 103 Å². The summed E-state index contributed by atoms with van der Waals surface area (Å²) in [5, 5.41) is 0. The first-order valence-electron chi connectivity index (χ1n) is 33.8. The summed E-state index contributed by atoms with van der Waals surface area (Å²) >= 11 is 0. The average molecular weight is 1130 g/mol. The molecule has 464 valence electrons. The lowest BCUT2D eigenvalue weighted by Gasteiger charge is -2.18. The van der Waals surface area contributed by atoms with Gasteiger partial charge >= 0.3 is 17.9 Å². The lowest BCUT2D eigenvalue weighted by atomic mass is 10.0. The molecule has 0 bridgehead atoms. The Labute approximate surface area is 506 Å². The smallest absolute Gasteiger partial charge is 0.306 e. The third-order valence-corrected chi connectivity index (χ3v) is 14.1. The van der Waals surface area contributed by atoms with Gasteiger partial charge in [0.2, 0.25) is 0 Å². The highest BCUT2D eigenvalue weighted by Crippen LogP contribution is 2.15. The molecular weight excluding hydrogens is 1010 g/mol. The van der Waals surface area contributed by atoms with E-state index in [1.54, 1.807) is 0 Å². The van der Waals surface area contributed by atoms with E-state index in [0.29, 0.717) is 19.3 Å². The van der Waals surface area contributed by atoms with Crippen molar-refractivity contribution in [3.8, 4) is 0 Å². The van der Waals surface area contributed by atoms with Gasteiger partial charge in [-0.25, -0.2) is 0 Å². The Morgan fingerprint density at radius 3 is 0.756 bits per heavy atom. The van der Waals surface area contributed by atoms with E-state index in [1.807, 2.05) is 0 Å². The highest BCUT2D eigenvalue weighted by Gasteiger charge is 2.19. The van der Waals surface area contributed by atoms with Crippen LogP contribution in [0.5, 0.6) is 0 Å². The SMILES string of the molecule is CC/C=C\C/C=C\C/C=C\C/C=C\C/C=C\C/C=C\CCCCCCC(=O)OC(COC(=O)CCCCCCC/C=C\CCCCCCC)COC(=O)CCCCCCCCCCCCC/C=C\C/C=C\C/C=C\C/C=C\C/C=C\CC. The van der Waals surface area contributed by atoms with Crippen LogP contribution in [0.25, 0.3) is 0 Å². The van der Waals surface area contributed by atoms with Crippen LogP contribution in [0.4, 0.5) is 0 Å². The molecule has 6 heteroatoms. The second-order valence-electron chi connectivity index (χ2n) is 22.0. The molecule has 0 rings (SSSR count). The Hall–Kier alpha value is -4.71. The first-order valence-corrected chi connectivity index (χ1v) is 33.8. The van der Waals surface area contributed by atoms with Crippen LogP contribution in [0, 0.1) is 0 Å². The molecule has 0 spiro atoms. The molecular formula is C76H124O6. The number of carbonyl (C=O) groups excluding carboxylic acids is 3. The van der Waals surface area contributed by atoms with Crippen molar-refractivity contribution in [2.24, 2.45) is 0 Å². The van der Waals surface area contributed by atoms with E-state index in [-0.39, 0.29) is 31.1 Å². The van der Waals surface area contributed by atoms with E-state index in [9.17, 15) is 14.4 Å². The standard InChI is InChI=1S/C76H124O6/c1-4-7-10-13-16-19-22-25-28-30-32-34-36-37-38-39-41-42-44-46-48-51-54-57-60-63-66-69-75(78)81-72-73(71-80-74(77)68-65-62-59-56-53-50-27-24-21-18-15-12-9-6-3)82-76(79)70-67-64-61-58-55-52-49-47-45-43-40-35-33-31-29-26-23-20-17-14-11-8-5-2/h7-8,10-11,16-17,19-20,24-29,32-35,37-38,43,45,49,52,73H,4-6,9,12-15,18,21-23,30-31,36,39-42,44,46-48,50-51,53-72H2,1-3H3/b10-7-,11-8-,19-16-,20-17-,27-24-,28-25-,29-26-,34-32-,35-33-,38-37-,45-43-,52-49-. The Morgan fingerprint density at radius 1 is 0.256 bits per heavy atom. The van der Waals surface area contributed by atoms with Crippen LogP contribution in [0.2, 0.25) is 0 Å². The first kappa shape index (κ1) is 77.3. The third kappa shape index (κ3) is 66.1. The van der Waals surface area contributed by atoms with Gasteiger partial charge in [-0.05, 0) is 141 Å². The van der Waals surface area contributed by atoms with Crippen molar-refractivity contribution in [1.29, 1.82) is 0 Å². The molecule has 0 amide bonds. The Morgan fingerprint density at radius 2 is 0.476 bits per heavy atom. The monoisotopic (exact) mass is 1130 g/mol. The van der Waals surface area contributed by atoms with Crippen LogP contribution < -0.4 is 0 Å². The highest BCUT2D eigenvalue weighted by molar-refractivity contribution is 5.71. The molecule has 0 radical (unpaired) electrons. The minimum atomic E-state index is -0.804. The lowest BCUT2D eigenvalue weighted by molar-refractivity contribution is -0.167. The van der Waals surface area contributed by atoms with Gasteiger partial charge in [0.15, 0.2) is 6.10 Å². The van der Waals surface area contributed by atoms with Crippen LogP contribution in [0.3, 0.4) is 0 Å². The molecule has 0 aromatic rings. The van der Waals surface area contributed by atoms with E-state index in [4.69, 9.17) is 14.2 Å². The van der Waals surface area contributed by atoms with Crippen molar-refractivity contribution in [1.82, 2.24) is 0 Å². The van der Waals surface area contributed by atoms with Crippen molar-refractivity contribution >= 4 is 17.9 Å². The predicted molar refractivity (Wildman–Crippen MR) is 357 cm³/mol. The molecule has 0 aliphatic heterocycles. The van der Waals surface area contributed by atoms with Gasteiger partial charge in [-0.1, -0.05) is 282 Å². The fourth-order valence-corrected chi connectivity index (χ4v) is 9.06. The van der Waals surface area contributed by atoms with E-state index in [2.05, 4.69) is 167 Å². The zero-order valence-corrected chi connectivity index (χ0v) is 53.2. The molecule has 0 saturated heterocycles. The van der Waals surface area contributed by atoms with Crippen LogP contribution in [-0.4, -0.2) is 37.2 Å². The largest absolute Gasteiger partial charge is 0.462 e. The van der Waals surface area contributed by atoms with Crippen molar-refractivity contribution < 1.29 is 28.6 Å². The first-order chi connectivity index (χ1) is 40.5. The fourth-order valence-electron chi connectivity index (χ4n) is 9.06. The quantitative estimate of drug-likeness (QED) is 0.0261. The Kier molecular flexibility index (Phi) is 64.8. The molecule has 0 N–H and O–H groups in total. The molecule has 0 fully saturated rings. The summed E-state index contributed by atoms with van der Waals surface area (Å²) in [5.41, 5.74) is 0. The average Bonchev–Trinajstić information content (AvgIpc) is 3.47. The fraction of sp³-hybridized carbons (Fsp3) is 0.645. The number of carbonyl (C=O) groups is 3. The summed E-state index contributed by atoms with van der Waals surface area (Å²) < 4.78 is 16.9. The Bertz CT molecular complexity index is 1780. The summed E-state index contributed by atoms with van der Waals surface area (Å²) in [6, 6.07) is 0. The Balaban J connectivity index is 4.40. The number of ether oxygens (including phenoxy) is 3. The van der Waals surface area contributed by atoms with Crippen molar-refractivity contribution in [2.45, 2.75) is 303 Å². The van der Waals surface area contributed by atoms with Gasteiger partial charge in [-0.2, -0.15) is 0 Å². The van der Waals surface area contributed by atoms with Gasteiger partial charge in [0, 0.05) is 19.3 Å². The molecule has 1 atom stereocenters. The van der Waals surface area contributed by atoms with Crippen molar-refractivity contribution in [3.63, 3.8) is 0 Å². The van der Waals surface area contributed by atoms with E-state index >= 15 is 0 Å². The normalized spacial score (nSPS) is 13.1. The zero-order valence-electron chi connectivity index (χ0n) is 53.2. The van der Waals surface area contributed by atoms with Gasteiger partial charge in [0.25, 0.3) is 0 Å². The number of unbranched alkanes of at least 4 members (excludes halogenated alkanes) is 25. The summed E-state index contributed by atoms with van der Waals surface area (Å²) in [4.78, 5) is 38.4. The minimum absolute atomic E-state index is 0.0967. The minimum Gasteiger partial charge on any atom is -0.462 e. The molecule has 0 aromatic carbocycles. The van der Waals surface area contributed by atoms with Gasteiger partial charge in [0.1, 0.15) is 13.2 Å². The number of hydrogen-bond acceptors (Lipinski definition) is 6. The molecule has 0 aliphatic rings. The summed E-state index contributed by atoms with van der Waals surface area (Å²) in [5.74, 6) is -0.930. The molecule has 0 heterocycles. The van der Waals surface area contributed by atoms with Crippen LogP contribution >= 0.6 is 0 Å². The second-order valence-corrected chi connectivity index (χ2v) is 22.0. The summed E-state index contributed by atoms with van der Waals surface area (Å²) in [7, 11) is 0. The summed E-state index contributed by atoms with van der Waals surface area (Å²) in [6.45, 7) is 6.39. The number of allylic oxidation sites excluding steroid dienone is 24. The highest BCUT2D eigenvalue weighted by atomic mass is 16.6. The number of rotatable bonds is 60. The molecule has 0 aliphatic carbocycles.